The van der Waals surface area contributed by atoms with E-state index < -0.39 is 0 Å². The number of hydrogen-bond acceptors (Lipinski definition) is 2. The van der Waals surface area contributed by atoms with Gasteiger partial charge in [0.05, 0.1) is 0 Å². The lowest BCUT2D eigenvalue weighted by molar-refractivity contribution is -0.131. The Labute approximate surface area is 111 Å². The molecule has 0 bridgehead atoms. The van der Waals surface area contributed by atoms with Gasteiger partial charge < -0.3 is 10.6 Å². The third-order valence-corrected chi connectivity index (χ3v) is 4.55. The van der Waals surface area contributed by atoms with Crippen LogP contribution in [-0.4, -0.2) is 29.9 Å². The van der Waals surface area contributed by atoms with E-state index in [1.165, 1.54) is 44.9 Å². The van der Waals surface area contributed by atoms with Crippen molar-refractivity contribution in [3.63, 3.8) is 0 Å². The van der Waals surface area contributed by atoms with Crippen LogP contribution < -0.4 is 5.73 Å². The van der Waals surface area contributed by atoms with Gasteiger partial charge in [-0.15, -0.1) is 0 Å². The van der Waals surface area contributed by atoms with Gasteiger partial charge in [0.25, 0.3) is 0 Å². The van der Waals surface area contributed by atoms with Crippen LogP contribution in [0.1, 0.15) is 64.2 Å². The molecule has 0 aromatic carbocycles. The van der Waals surface area contributed by atoms with Crippen LogP contribution in [0.5, 0.6) is 0 Å². The van der Waals surface area contributed by atoms with Crippen LogP contribution in [0.15, 0.2) is 0 Å². The lowest BCUT2D eigenvalue weighted by Gasteiger charge is -2.27. The monoisotopic (exact) mass is 252 g/mol. The number of nitrogens with two attached hydrogens (primary N) is 1. The fraction of sp³-hybridized carbons (Fsp3) is 0.933. The zero-order valence-electron chi connectivity index (χ0n) is 11.6. The van der Waals surface area contributed by atoms with Crippen LogP contribution in [-0.2, 0) is 4.79 Å². The molecule has 3 heteroatoms. The van der Waals surface area contributed by atoms with E-state index in [4.69, 9.17) is 5.73 Å². The Bertz CT molecular complexity index is 259. The van der Waals surface area contributed by atoms with Crippen LogP contribution in [0.2, 0.25) is 0 Å². The second-order valence-corrected chi connectivity index (χ2v) is 6.13. The molecular formula is C15H28N2O. The van der Waals surface area contributed by atoms with Gasteiger partial charge in [-0.3, -0.25) is 4.79 Å². The summed E-state index contributed by atoms with van der Waals surface area (Å²) in [6, 6.07) is 0.386. The zero-order chi connectivity index (χ0) is 12.8. The number of nitrogens with zero attached hydrogens (tertiary/aromatic N) is 1. The molecule has 2 unspecified atom stereocenters. The highest BCUT2D eigenvalue weighted by Gasteiger charge is 2.21. The Hall–Kier alpha value is -0.570. The number of likely N-dealkylation sites (tertiary alicyclic amines) is 1. The minimum absolute atomic E-state index is 0.385. The van der Waals surface area contributed by atoms with Crippen molar-refractivity contribution in [3.8, 4) is 0 Å². The summed E-state index contributed by atoms with van der Waals surface area (Å²) in [5, 5.41) is 0. The maximum absolute atomic E-state index is 12.2. The average molecular weight is 252 g/mol. The van der Waals surface area contributed by atoms with Crippen LogP contribution in [0.4, 0.5) is 0 Å². The standard InChI is InChI=1S/C15H28N2O/c16-14-7-5-6-13(12-14)8-9-15(18)17-10-3-1-2-4-11-17/h13-14H,1-12,16H2. The summed E-state index contributed by atoms with van der Waals surface area (Å²) in [6.07, 6.45) is 11.6. The number of carbonyl (C=O) groups excluding carboxylic acids is 1. The number of rotatable bonds is 3. The molecule has 104 valence electrons. The lowest BCUT2D eigenvalue weighted by atomic mass is 9.83. The van der Waals surface area contributed by atoms with Gasteiger partial charge in [-0.05, 0) is 38.0 Å². The predicted octanol–water partition coefficient (Wildman–Crippen LogP) is 2.69. The molecule has 2 N–H and O–H groups in total. The smallest absolute Gasteiger partial charge is 0.222 e. The van der Waals surface area contributed by atoms with Crippen LogP contribution >= 0.6 is 0 Å². The van der Waals surface area contributed by atoms with E-state index in [2.05, 4.69) is 4.90 Å². The first kappa shape index (κ1) is 13.9. The summed E-state index contributed by atoms with van der Waals surface area (Å²) in [4.78, 5) is 14.3. The molecule has 0 radical (unpaired) electrons. The van der Waals surface area contributed by atoms with Crippen molar-refractivity contribution in [1.29, 1.82) is 0 Å². The van der Waals surface area contributed by atoms with Crippen molar-refractivity contribution < 1.29 is 4.79 Å². The zero-order valence-corrected chi connectivity index (χ0v) is 11.6. The van der Waals surface area contributed by atoms with Gasteiger partial charge in [0.1, 0.15) is 0 Å². The fourth-order valence-corrected chi connectivity index (χ4v) is 3.40. The number of amides is 1. The van der Waals surface area contributed by atoms with Crippen molar-refractivity contribution in [2.45, 2.75) is 70.3 Å². The second-order valence-electron chi connectivity index (χ2n) is 6.13. The molecule has 0 aromatic rings. The van der Waals surface area contributed by atoms with Gasteiger partial charge in [0, 0.05) is 25.6 Å². The number of hydrogen-bond donors (Lipinski definition) is 1. The third kappa shape index (κ3) is 4.27. The quantitative estimate of drug-likeness (QED) is 0.839. The van der Waals surface area contributed by atoms with E-state index in [0.717, 1.165) is 32.4 Å². The minimum Gasteiger partial charge on any atom is -0.343 e. The highest BCUT2D eigenvalue weighted by Crippen LogP contribution is 2.27. The lowest BCUT2D eigenvalue weighted by Crippen LogP contribution is -2.33. The van der Waals surface area contributed by atoms with Crippen molar-refractivity contribution in [2.24, 2.45) is 11.7 Å². The van der Waals surface area contributed by atoms with Gasteiger partial charge in [0.15, 0.2) is 0 Å². The summed E-state index contributed by atoms with van der Waals surface area (Å²) in [7, 11) is 0. The Balaban J connectivity index is 1.70. The molecule has 1 aliphatic carbocycles. The third-order valence-electron chi connectivity index (χ3n) is 4.55. The van der Waals surface area contributed by atoms with Crippen molar-refractivity contribution in [3.05, 3.63) is 0 Å². The van der Waals surface area contributed by atoms with E-state index >= 15 is 0 Å². The normalized spacial score (nSPS) is 29.9. The Kier molecular flexibility index (Phi) is 5.48. The number of carbonyl (C=O) groups is 1. The van der Waals surface area contributed by atoms with Gasteiger partial charge in [-0.2, -0.15) is 0 Å². The van der Waals surface area contributed by atoms with Crippen LogP contribution in [0, 0.1) is 5.92 Å². The summed E-state index contributed by atoms with van der Waals surface area (Å²) < 4.78 is 0. The first-order chi connectivity index (χ1) is 8.75. The SMILES string of the molecule is NC1CCCC(CCC(=O)N2CCCCCC2)C1. The van der Waals surface area contributed by atoms with E-state index in [1.807, 2.05) is 0 Å². The maximum Gasteiger partial charge on any atom is 0.222 e. The van der Waals surface area contributed by atoms with E-state index in [9.17, 15) is 4.79 Å². The molecule has 2 fully saturated rings. The molecule has 0 aromatic heterocycles. The largest absolute Gasteiger partial charge is 0.343 e. The van der Waals surface area contributed by atoms with Crippen molar-refractivity contribution in [1.82, 2.24) is 4.90 Å². The molecular weight excluding hydrogens is 224 g/mol. The Morgan fingerprint density at radius 2 is 1.78 bits per heavy atom. The van der Waals surface area contributed by atoms with Crippen LogP contribution in [0.3, 0.4) is 0 Å². The topological polar surface area (TPSA) is 46.3 Å². The van der Waals surface area contributed by atoms with Crippen molar-refractivity contribution >= 4 is 5.91 Å². The van der Waals surface area contributed by atoms with Crippen molar-refractivity contribution in [2.75, 3.05) is 13.1 Å². The molecule has 2 aliphatic rings. The van der Waals surface area contributed by atoms with E-state index in [-0.39, 0.29) is 0 Å². The van der Waals surface area contributed by atoms with Gasteiger partial charge in [0.2, 0.25) is 5.91 Å². The molecule has 1 aliphatic heterocycles. The van der Waals surface area contributed by atoms with Gasteiger partial charge in [-0.25, -0.2) is 0 Å². The highest BCUT2D eigenvalue weighted by atomic mass is 16.2. The minimum atomic E-state index is 0.385. The molecule has 18 heavy (non-hydrogen) atoms. The van der Waals surface area contributed by atoms with Gasteiger partial charge in [-0.1, -0.05) is 25.7 Å². The summed E-state index contributed by atoms with van der Waals surface area (Å²) in [6.45, 7) is 1.98. The Morgan fingerprint density at radius 1 is 1.06 bits per heavy atom. The first-order valence-electron chi connectivity index (χ1n) is 7.79. The first-order valence-corrected chi connectivity index (χ1v) is 7.79. The molecule has 2 rings (SSSR count). The maximum atomic E-state index is 12.2. The summed E-state index contributed by atoms with van der Waals surface area (Å²) >= 11 is 0. The summed E-state index contributed by atoms with van der Waals surface area (Å²) in [5.41, 5.74) is 6.00. The molecule has 0 spiro atoms. The second kappa shape index (κ2) is 7.13. The molecule has 1 saturated carbocycles. The molecule has 1 saturated heterocycles. The average Bonchev–Trinajstić information content (AvgIpc) is 2.65. The Morgan fingerprint density at radius 3 is 2.44 bits per heavy atom. The summed E-state index contributed by atoms with van der Waals surface area (Å²) in [5.74, 6) is 1.08. The fourth-order valence-electron chi connectivity index (χ4n) is 3.40. The molecule has 1 amide bonds. The predicted molar refractivity (Wildman–Crippen MR) is 74.2 cm³/mol. The van der Waals surface area contributed by atoms with E-state index in [0.29, 0.717) is 17.9 Å². The van der Waals surface area contributed by atoms with Gasteiger partial charge >= 0.3 is 0 Å². The molecule has 2 atom stereocenters. The molecule has 3 nitrogen and oxygen atoms in total. The van der Waals surface area contributed by atoms with E-state index in [1.54, 1.807) is 0 Å². The highest BCUT2D eigenvalue weighted by molar-refractivity contribution is 5.76. The molecule has 1 heterocycles. The van der Waals surface area contributed by atoms with Crippen LogP contribution in [0.25, 0.3) is 0 Å².